The highest BCUT2D eigenvalue weighted by atomic mass is 32.2. The van der Waals surface area contributed by atoms with Gasteiger partial charge in [-0.3, -0.25) is 4.21 Å². The van der Waals surface area contributed by atoms with Crippen LogP contribution in [0.2, 0.25) is 0 Å². The zero-order valence-corrected chi connectivity index (χ0v) is 12.6. The molecule has 0 rings (SSSR count). The lowest BCUT2D eigenvalue weighted by atomic mass is 10.2. The highest BCUT2D eigenvalue weighted by Gasteiger charge is 2.18. The van der Waals surface area contributed by atoms with E-state index in [0.717, 1.165) is 6.42 Å². The van der Waals surface area contributed by atoms with Crippen molar-refractivity contribution in [3.63, 3.8) is 0 Å². The van der Waals surface area contributed by atoms with Crippen LogP contribution in [0.25, 0.3) is 0 Å². The van der Waals surface area contributed by atoms with Gasteiger partial charge in [0.1, 0.15) is 0 Å². The summed E-state index contributed by atoms with van der Waals surface area (Å²) in [6.07, 6.45) is 1.42. The molecule has 0 aliphatic rings. The van der Waals surface area contributed by atoms with E-state index in [9.17, 15) is 9.00 Å². The molecule has 0 radical (unpaired) electrons. The van der Waals surface area contributed by atoms with Gasteiger partial charge in [0.05, 0.1) is 0 Å². The summed E-state index contributed by atoms with van der Waals surface area (Å²) in [5.74, 6) is 0.460. The van der Waals surface area contributed by atoms with Crippen LogP contribution in [-0.2, 0) is 10.8 Å². The Morgan fingerprint density at radius 1 is 1.39 bits per heavy atom. The fourth-order valence-corrected chi connectivity index (χ4v) is 2.21. The van der Waals surface area contributed by atoms with Crippen LogP contribution in [-0.4, -0.2) is 45.0 Å². The van der Waals surface area contributed by atoms with Crippen LogP contribution in [0.3, 0.4) is 0 Å². The molecule has 2 atom stereocenters. The van der Waals surface area contributed by atoms with E-state index in [1.165, 1.54) is 0 Å². The zero-order valence-electron chi connectivity index (χ0n) is 11.8. The van der Waals surface area contributed by atoms with Crippen LogP contribution in [0.15, 0.2) is 0 Å². The maximum atomic E-state index is 11.7. The first kappa shape index (κ1) is 17.4. The molecule has 5 nitrogen and oxygen atoms in total. The van der Waals surface area contributed by atoms with Crippen molar-refractivity contribution in [1.82, 2.24) is 10.6 Å². The van der Waals surface area contributed by atoms with Gasteiger partial charge in [-0.05, 0) is 40.5 Å². The van der Waals surface area contributed by atoms with Crippen molar-refractivity contribution in [2.24, 2.45) is 0 Å². The Kier molecular flexibility index (Phi) is 8.18. The molecule has 18 heavy (non-hydrogen) atoms. The number of carbonyl (C=O) groups is 1. The second kappa shape index (κ2) is 8.48. The lowest BCUT2D eigenvalue weighted by Crippen LogP contribution is -2.42. The van der Waals surface area contributed by atoms with Crippen molar-refractivity contribution in [1.29, 1.82) is 0 Å². The van der Waals surface area contributed by atoms with Gasteiger partial charge in [-0.2, -0.15) is 0 Å². The maximum Gasteiger partial charge on any atom is 0.315 e. The highest BCUT2D eigenvalue weighted by Crippen LogP contribution is 2.10. The normalized spacial score (nSPS) is 14.9. The fourth-order valence-electron chi connectivity index (χ4n) is 1.31. The second-order valence-electron chi connectivity index (χ2n) is 5.33. The molecule has 3 N–H and O–H groups in total. The van der Waals surface area contributed by atoms with Gasteiger partial charge >= 0.3 is 6.03 Å². The van der Waals surface area contributed by atoms with Gasteiger partial charge in [0.25, 0.3) is 0 Å². The minimum atomic E-state index is -0.947. The molecule has 0 heterocycles. The van der Waals surface area contributed by atoms with E-state index in [-0.39, 0.29) is 23.4 Å². The van der Waals surface area contributed by atoms with Crippen LogP contribution in [0.1, 0.15) is 40.5 Å². The molecule has 2 unspecified atom stereocenters. The van der Waals surface area contributed by atoms with E-state index >= 15 is 0 Å². The molecule has 2 amide bonds. The van der Waals surface area contributed by atoms with Crippen LogP contribution in [0.5, 0.6) is 0 Å². The topological polar surface area (TPSA) is 78.4 Å². The number of hydrogen-bond acceptors (Lipinski definition) is 3. The van der Waals surface area contributed by atoms with E-state index < -0.39 is 10.8 Å². The van der Waals surface area contributed by atoms with Crippen molar-refractivity contribution in [2.75, 3.05) is 18.9 Å². The number of urea groups is 1. The molecular formula is C12H26N2O3S. The molecular weight excluding hydrogens is 252 g/mol. The van der Waals surface area contributed by atoms with Gasteiger partial charge in [-0.15, -0.1) is 0 Å². The smallest absolute Gasteiger partial charge is 0.315 e. The molecule has 0 saturated carbocycles. The first-order valence-corrected chi connectivity index (χ1v) is 7.63. The van der Waals surface area contributed by atoms with Crippen LogP contribution in [0, 0.1) is 0 Å². The lowest BCUT2D eigenvalue weighted by Gasteiger charge is -2.18. The Morgan fingerprint density at radius 3 is 2.50 bits per heavy atom. The number of aliphatic hydroxyl groups excluding tert-OH is 1. The van der Waals surface area contributed by atoms with Crippen molar-refractivity contribution in [2.45, 2.75) is 51.3 Å². The van der Waals surface area contributed by atoms with Gasteiger partial charge in [-0.25, -0.2) is 4.79 Å². The molecule has 0 aliphatic carbocycles. The number of amides is 2. The molecule has 0 aromatic carbocycles. The monoisotopic (exact) mass is 278 g/mol. The van der Waals surface area contributed by atoms with Crippen LogP contribution in [0.4, 0.5) is 4.79 Å². The summed E-state index contributed by atoms with van der Waals surface area (Å²) < 4.78 is 11.5. The summed E-state index contributed by atoms with van der Waals surface area (Å²) in [6, 6.07) is -0.211. The summed E-state index contributed by atoms with van der Waals surface area (Å²) in [4.78, 5) is 11.5. The number of carbonyl (C=O) groups excluding carboxylic acids is 1. The summed E-state index contributed by atoms with van der Waals surface area (Å²) in [5, 5.41) is 14.1. The average Bonchev–Trinajstić information content (AvgIpc) is 2.24. The van der Waals surface area contributed by atoms with E-state index in [4.69, 9.17) is 5.11 Å². The Hall–Kier alpha value is -0.620. The summed E-state index contributed by atoms with van der Waals surface area (Å²) in [7, 11) is -0.947. The van der Waals surface area contributed by atoms with E-state index in [2.05, 4.69) is 10.6 Å². The van der Waals surface area contributed by atoms with E-state index in [0.29, 0.717) is 18.7 Å². The number of hydrogen-bond donors (Lipinski definition) is 3. The Labute approximate surface area is 112 Å². The van der Waals surface area contributed by atoms with Gasteiger partial charge in [0, 0.05) is 40.5 Å². The molecule has 0 aromatic heterocycles. The second-order valence-corrected chi connectivity index (χ2v) is 7.65. The van der Waals surface area contributed by atoms with Crippen LogP contribution < -0.4 is 10.6 Å². The molecule has 0 aromatic rings. The van der Waals surface area contributed by atoms with Gasteiger partial charge in [0.2, 0.25) is 0 Å². The molecule has 0 aliphatic heterocycles. The molecule has 6 heteroatoms. The number of aliphatic hydroxyl groups is 1. The molecule has 0 saturated heterocycles. The SMILES string of the molecule is CC(CCCO)NC(=O)NCCS(=O)C(C)(C)C. The summed E-state index contributed by atoms with van der Waals surface area (Å²) in [6.45, 7) is 8.18. The highest BCUT2D eigenvalue weighted by molar-refractivity contribution is 7.86. The number of rotatable bonds is 7. The largest absolute Gasteiger partial charge is 0.396 e. The molecule has 0 fully saturated rings. The summed E-state index contributed by atoms with van der Waals surface area (Å²) >= 11 is 0. The predicted molar refractivity (Wildman–Crippen MR) is 75.1 cm³/mol. The quantitative estimate of drug-likeness (QED) is 0.650. The molecule has 108 valence electrons. The van der Waals surface area contributed by atoms with Crippen molar-refractivity contribution >= 4 is 16.8 Å². The van der Waals surface area contributed by atoms with Crippen molar-refractivity contribution in [3.05, 3.63) is 0 Å². The minimum absolute atomic E-state index is 0.0327. The lowest BCUT2D eigenvalue weighted by molar-refractivity contribution is 0.235. The first-order chi connectivity index (χ1) is 8.27. The fraction of sp³-hybridized carbons (Fsp3) is 0.917. The molecule has 0 bridgehead atoms. The third kappa shape index (κ3) is 8.47. The van der Waals surface area contributed by atoms with Crippen molar-refractivity contribution in [3.8, 4) is 0 Å². The van der Waals surface area contributed by atoms with E-state index in [1.54, 1.807) is 0 Å². The van der Waals surface area contributed by atoms with Crippen LogP contribution >= 0.6 is 0 Å². The first-order valence-electron chi connectivity index (χ1n) is 6.31. The average molecular weight is 278 g/mol. The Bertz CT molecular complexity index is 277. The van der Waals surface area contributed by atoms with Gasteiger partial charge in [0.15, 0.2) is 0 Å². The molecule has 0 spiro atoms. The summed E-state index contributed by atoms with van der Waals surface area (Å²) in [5.41, 5.74) is 0. The third-order valence-electron chi connectivity index (χ3n) is 2.43. The van der Waals surface area contributed by atoms with E-state index in [1.807, 2.05) is 27.7 Å². The Balaban J connectivity index is 3.75. The number of nitrogens with one attached hydrogen (secondary N) is 2. The Morgan fingerprint density at radius 2 is 2.00 bits per heavy atom. The third-order valence-corrected chi connectivity index (χ3v) is 4.37. The maximum absolute atomic E-state index is 11.7. The van der Waals surface area contributed by atoms with Gasteiger partial charge < -0.3 is 15.7 Å². The van der Waals surface area contributed by atoms with Crippen molar-refractivity contribution < 1.29 is 14.1 Å². The predicted octanol–water partition coefficient (Wildman–Crippen LogP) is 0.994. The standard InChI is InChI=1S/C12H26N2O3S/c1-10(6-5-8-15)14-11(16)13-7-9-18(17)12(2,3)4/h10,15H,5-9H2,1-4H3,(H2,13,14,16). The minimum Gasteiger partial charge on any atom is -0.396 e. The van der Waals surface area contributed by atoms with Gasteiger partial charge in [-0.1, -0.05) is 0 Å². The zero-order chi connectivity index (χ0) is 14.2.